The van der Waals surface area contributed by atoms with E-state index in [9.17, 15) is 9.18 Å². The van der Waals surface area contributed by atoms with Crippen LogP contribution in [0.4, 0.5) is 4.39 Å². The van der Waals surface area contributed by atoms with Gasteiger partial charge in [0.05, 0.1) is 0 Å². The predicted molar refractivity (Wildman–Crippen MR) is 54.8 cm³/mol. The summed E-state index contributed by atoms with van der Waals surface area (Å²) < 4.78 is 13.2. The molecule has 4 nitrogen and oxygen atoms in total. The van der Waals surface area contributed by atoms with Crippen LogP contribution in [0.15, 0.2) is 29.4 Å². The maximum absolute atomic E-state index is 13.2. The molecule has 0 N–H and O–H groups in total. The molecule has 0 aromatic heterocycles. The van der Waals surface area contributed by atoms with Crippen LogP contribution in [-0.4, -0.2) is 12.8 Å². The zero-order valence-electron chi connectivity index (χ0n) is 7.80. The number of rotatable bonds is 4. The summed E-state index contributed by atoms with van der Waals surface area (Å²) in [5.74, 6) is -0.475. The second-order valence-corrected chi connectivity index (χ2v) is 2.71. The quantitative estimate of drug-likeness (QED) is 0.322. The zero-order valence-corrected chi connectivity index (χ0v) is 7.80. The van der Waals surface area contributed by atoms with Gasteiger partial charge < -0.3 is 0 Å². The Morgan fingerprint density at radius 1 is 1.53 bits per heavy atom. The molecule has 0 saturated carbocycles. The van der Waals surface area contributed by atoms with Crippen molar-refractivity contribution in [2.75, 3.05) is 6.54 Å². The fraction of sp³-hybridized carbons (Fsp3) is 0.100. The molecule has 15 heavy (non-hydrogen) atoms. The summed E-state index contributed by atoms with van der Waals surface area (Å²) in [6.07, 6.45) is 3.62. The fourth-order valence-corrected chi connectivity index (χ4v) is 1.02. The molecule has 0 fully saturated rings. The Labute approximate surface area is 85.7 Å². The summed E-state index contributed by atoms with van der Waals surface area (Å²) in [7, 11) is 0. The van der Waals surface area contributed by atoms with E-state index in [1.807, 2.05) is 0 Å². The topological polar surface area (TPSA) is 65.8 Å². The van der Waals surface area contributed by atoms with E-state index in [0.717, 1.165) is 6.07 Å². The molecule has 0 heterocycles. The number of hydrogen-bond acceptors (Lipinski definition) is 2. The van der Waals surface area contributed by atoms with Crippen LogP contribution in [0.1, 0.15) is 15.9 Å². The van der Waals surface area contributed by atoms with Crippen LogP contribution >= 0.6 is 0 Å². The van der Waals surface area contributed by atoms with Gasteiger partial charge in [0.1, 0.15) is 12.1 Å². The average Bonchev–Trinajstić information content (AvgIpc) is 2.26. The molecule has 76 valence electrons. The minimum Gasteiger partial charge on any atom is -0.298 e. The third kappa shape index (κ3) is 3.25. The smallest absolute Gasteiger partial charge is 0.150 e. The van der Waals surface area contributed by atoms with Crippen molar-refractivity contribution in [2.45, 2.75) is 0 Å². The molecule has 0 amide bonds. The minimum absolute atomic E-state index is 0.172. The number of halogens is 1. The first-order valence-corrected chi connectivity index (χ1v) is 4.20. The van der Waals surface area contributed by atoms with E-state index in [-0.39, 0.29) is 6.54 Å². The fourth-order valence-electron chi connectivity index (χ4n) is 1.02. The van der Waals surface area contributed by atoms with Crippen LogP contribution in [-0.2, 0) is 0 Å². The lowest BCUT2D eigenvalue weighted by Crippen LogP contribution is -1.86. The molecule has 0 aliphatic rings. The lowest BCUT2D eigenvalue weighted by Gasteiger charge is -1.96. The van der Waals surface area contributed by atoms with E-state index in [0.29, 0.717) is 17.4 Å². The highest BCUT2D eigenvalue weighted by molar-refractivity contribution is 5.75. The second-order valence-electron chi connectivity index (χ2n) is 2.71. The third-order valence-electron chi connectivity index (χ3n) is 1.71. The molecular weight excluding hydrogens is 197 g/mol. The second kappa shape index (κ2) is 5.57. The highest BCUT2D eigenvalue weighted by atomic mass is 19.1. The van der Waals surface area contributed by atoms with Crippen molar-refractivity contribution in [1.29, 1.82) is 0 Å². The number of aldehydes is 1. The van der Waals surface area contributed by atoms with Crippen molar-refractivity contribution in [3.8, 4) is 0 Å². The number of carbonyl (C=O) groups is 1. The van der Waals surface area contributed by atoms with Crippen LogP contribution in [0.5, 0.6) is 0 Å². The lowest BCUT2D eigenvalue weighted by molar-refractivity contribution is 0.112. The lowest BCUT2D eigenvalue weighted by atomic mass is 10.1. The normalized spacial score (nSPS) is 9.93. The Bertz CT molecular complexity index is 436. The van der Waals surface area contributed by atoms with Gasteiger partial charge in [-0.1, -0.05) is 29.4 Å². The molecule has 0 radical (unpaired) electrons. The van der Waals surface area contributed by atoms with Gasteiger partial charge in [-0.15, -0.1) is 0 Å². The maximum Gasteiger partial charge on any atom is 0.150 e. The molecule has 0 atom stereocenters. The molecule has 0 aliphatic heterocycles. The largest absolute Gasteiger partial charge is 0.298 e. The number of benzene rings is 1. The van der Waals surface area contributed by atoms with Gasteiger partial charge in [-0.2, -0.15) is 0 Å². The van der Waals surface area contributed by atoms with Gasteiger partial charge in [-0.05, 0) is 11.6 Å². The van der Waals surface area contributed by atoms with E-state index in [2.05, 4.69) is 10.0 Å². The first-order chi connectivity index (χ1) is 7.27. The van der Waals surface area contributed by atoms with Crippen molar-refractivity contribution < 1.29 is 9.18 Å². The molecule has 0 aliphatic carbocycles. The third-order valence-corrected chi connectivity index (χ3v) is 1.71. The standard InChI is InChI=1S/C10H8FN3O/c11-10-6-8(7-15)3-4-9(10)2-1-5-13-14-12/h1-4,6-7H,5H2. The van der Waals surface area contributed by atoms with E-state index in [1.165, 1.54) is 18.2 Å². The summed E-state index contributed by atoms with van der Waals surface area (Å²) in [6, 6.07) is 4.16. The van der Waals surface area contributed by atoms with Gasteiger partial charge in [-0.25, -0.2) is 4.39 Å². The van der Waals surface area contributed by atoms with Crippen molar-refractivity contribution in [2.24, 2.45) is 5.11 Å². The van der Waals surface area contributed by atoms with Crippen molar-refractivity contribution in [1.82, 2.24) is 0 Å². The van der Waals surface area contributed by atoms with Crippen molar-refractivity contribution in [3.63, 3.8) is 0 Å². The Balaban J connectivity index is 2.82. The molecule has 0 spiro atoms. The van der Waals surface area contributed by atoms with Crippen LogP contribution in [0.25, 0.3) is 16.5 Å². The first-order valence-electron chi connectivity index (χ1n) is 4.20. The number of azide groups is 1. The van der Waals surface area contributed by atoms with Crippen LogP contribution < -0.4 is 0 Å². The number of hydrogen-bond donors (Lipinski definition) is 0. The van der Waals surface area contributed by atoms with Crippen LogP contribution in [0, 0.1) is 5.82 Å². The summed E-state index contributed by atoms with van der Waals surface area (Å²) in [6.45, 7) is 0.172. The van der Waals surface area contributed by atoms with E-state index in [4.69, 9.17) is 5.53 Å². The summed E-state index contributed by atoms with van der Waals surface area (Å²) in [5, 5.41) is 3.27. The summed E-state index contributed by atoms with van der Waals surface area (Å²) in [4.78, 5) is 12.9. The highest BCUT2D eigenvalue weighted by Crippen LogP contribution is 2.10. The van der Waals surface area contributed by atoms with Crippen LogP contribution in [0.3, 0.4) is 0 Å². The first kappa shape index (κ1) is 10.9. The Morgan fingerprint density at radius 3 is 2.93 bits per heavy atom. The monoisotopic (exact) mass is 205 g/mol. The molecule has 1 aromatic rings. The molecule has 0 bridgehead atoms. The molecule has 1 aromatic carbocycles. The van der Waals surface area contributed by atoms with Crippen LogP contribution in [0.2, 0.25) is 0 Å². The number of carbonyl (C=O) groups excluding carboxylic acids is 1. The Morgan fingerprint density at radius 2 is 2.33 bits per heavy atom. The predicted octanol–water partition coefficient (Wildman–Crippen LogP) is 2.96. The van der Waals surface area contributed by atoms with Gasteiger partial charge in [0.25, 0.3) is 0 Å². The Kier molecular flexibility index (Phi) is 4.06. The summed E-state index contributed by atoms with van der Waals surface area (Å²) >= 11 is 0. The van der Waals surface area contributed by atoms with E-state index in [1.54, 1.807) is 6.08 Å². The molecule has 0 unspecified atom stereocenters. The van der Waals surface area contributed by atoms with Crippen molar-refractivity contribution in [3.05, 3.63) is 51.7 Å². The average molecular weight is 205 g/mol. The summed E-state index contributed by atoms with van der Waals surface area (Å²) in [5.41, 5.74) is 8.64. The number of nitrogens with zero attached hydrogens (tertiary/aromatic N) is 3. The minimum atomic E-state index is -0.475. The molecule has 5 heteroatoms. The zero-order chi connectivity index (χ0) is 11.1. The Hall–Kier alpha value is -2.13. The van der Waals surface area contributed by atoms with Crippen molar-refractivity contribution >= 4 is 12.4 Å². The maximum atomic E-state index is 13.2. The molecular formula is C10H8FN3O. The van der Waals surface area contributed by atoms with E-state index >= 15 is 0 Å². The SMILES string of the molecule is [N-]=[N+]=NCC=Cc1ccc(C=O)cc1F. The van der Waals surface area contributed by atoms with Gasteiger partial charge in [0, 0.05) is 22.6 Å². The van der Waals surface area contributed by atoms with Gasteiger partial charge in [-0.3, -0.25) is 4.79 Å². The molecule has 0 saturated heterocycles. The van der Waals surface area contributed by atoms with E-state index < -0.39 is 5.82 Å². The molecule has 1 rings (SSSR count). The highest BCUT2D eigenvalue weighted by Gasteiger charge is 1.99. The van der Waals surface area contributed by atoms with Gasteiger partial charge in [0.2, 0.25) is 0 Å². The van der Waals surface area contributed by atoms with Gasteiger partial charge in [0.15, 0.2) is 0 Å². The van der Waals surface area contributed by atoms with Gasteiger partial charge >= 0.3 is 0 Å².